The van der Waals surface area contributed by atoms with E-state index in [4.69, 9.17) is 0 Å². The lowest BCUT2D eigenvalue weighted by atomic mass is 9.83. The average molecular weight is 1570 g/mol. The topological polar surface area (TPSA) is 150 Å². The Labute approximate surface area is 576 Å². The molecule has 0 saturated heterocycles. The highest BCUT2D eigenvalue weighted by Crippen LogP contribution is 2.54. The van der Waals surface area contributed by atoms with Gasteiger partial charge < -0.3 is 0 Å². The molecule has 4 aliphatic heterocycles. The van der Waals surface area contributed by atoms with Gasteiger partial charge in [0.15, 0.2) is 0 Å². The van der Waals surface area contributed by atoms with E-state index >= 15 is 0 Å². The molecule has 0 amide bonds. The summed E-state index contributed by atoms with van der Waals surface area (Å²) in [7, 11) is -14.1. The van der Waals surface area contributed by atoms with Crippen LogP contribution in [-0.4, -0.2) is 57.8 Å². The number of para-hydroxylation sites is 4. The molecule has 4 fully saturated rings. The van der Waals surface area contributed by atoms with Crippen LogP contribution >= 0.6 is 63.7 Å². The van der Waals surface area contributed by atoms with Crippen molar-refractivity contribution in [3.63, 3.8) is 0 Å². The van der Waals surface area contributed by atoms with Gasteiger partial charge in [-0.1, -0.05) is 188 Å². The van der Waals surface area contributed by atoms with Crippen molar-refractivity contribution in [2.24, 2.45) is 0 Å². The molecule has 4 aliphatic carbocycles. The van der Waals surface area contributed by atoms with Gasteiger partial charge in [0.05, 0.1) is 66.5 Å². The van der Waals surface area contributed by atoms with Gasteiger partial charge in [-0.2, -0.15) is 0 Å². The van der Waals surface area contributed by atoms with E-state index in [-0.39, 0.29) is 24.2 Å². The minimum atomic E-state index is -3.53. The monoisotopic (exact) mass is 1560 g/mol. The third-order valence-corrected chi connectivity index (χ3v) is 29.4. The summed E-state index contributed by atoms with van der Waals surface area (Å²) in [6.45, 7) is 0. The van der Waals surface area contributed by atoms with Crippen molar-refractivity contribution >= 4 is 127 Å². The first-order chi connectivity index (χ1) is 44.3. The number of nitrogens with zero attached hydrogens (tertiary/aromatic N) is 4. The molecule has 8 atom stereocenters. The van der Waals surface area contributed by atoms with Crippen molar-refractivity contribution in [3.8, 4) is 0 Å². The van der Waals surface area contributed by atoms with Gasteiger partial charge in [0.25, 0.3) is 40.1 Å². The molecule has 8 aromatic carbocycles. The van der Waals surface area contributed by atoms with Gasteiger partial charge in [-0.15, -0.1) is 0 Å². The molecule has 20 heteroatoms. The van der Waals surface area contributed by atoms with Crippen molar-refractivity contribution < 1.29 is 33.7 Å². The maximum atomic E-state index is 13.3. The number of hydrogen-bond acceptors (Lipinski definition) is 8. The first-order valence-corrected chi connectivity index (χ1v) is 40.8. The molecule has 0 N–H and O–H groups in total. The van der Waals surface area contributed by atoms with E-state index in [2.05, 4.69) is 88.0 Å². The molecule has 480 valence electrons. The number of rotatable bonds is 8. The molecular formula is C72H72Br4N4O8S4. The minimum Gasteiger partial charge on any atom is -0.262 e. The fourth-order valence-corrected chi connectivity index (χ4v) is 23.9. The van der Waals surface area contributed by atoms with Gasteiger partial charge in [0, 0.05) is 41.6 Å². The maximum absolute atomic E-state index is 13.3. The molecule has 8 aromatic rings. The Bertz CT molecular complexity index is 3900. The second-order valence-electron chi connectivity index (χ2n) is 25.1. The molecule has 4 saturated carbocycles. The van der Waals surface area contributed by atoms with Crippen molar-refractivity contribution in [1.29, 1.82) is 0 Å². The third kappa shape index (κ3) is 12.4. The van der Waals surface area contributed by atoms with Crippen LogP contribution in [-0.2, 0) is 40.1 Å². The van der Waals surface area contributed by atoms with E-state index in [0.717, 1.165) is 118 Å². The second-order valence-corrected chi connectivity index (χ2v) is 36.0. The van der Waals surface area contributed by atoms with Gasteiger partial charge in [-0.25, -0.2) is 33.7 Å². The standard InChI is InChI=1S/4C18H18BrNO2S/c4*19-13-9-11-14(12-10-13)23(21,22)20-17-7-3-1-5-15(17)16-6-2-4-8-18(16)20/h4*1,3,5,7,9-12,16,18H,2,4,6,8H2/t4*16-,18-/m1111/s1. The lowest BCUT2D eigenvalue weighted by Crippen LogP contribution is -2.40. The van der Waals surface area contributed by atoms with Crippen molar-refractivity contribution in [3.05, 3.63) is 234 Å². The minimum absolute atomic E-state index is 0.0646. The zero-order chi connectivity index (χ0) is 64.1. The first-order valence-electron chi connectivity index (χ1n) is 31.9. The van der Waals surface area contributed by atoms with E-state index in [9.17, 15) is 33.7 Å². The average Bonchev–Trinajstić information content (AvgIpc) is 1.61. The van der Waals surface area contributed by atoms with Gasteiger partial charge >= 0.3 is 0 Å². The Morgan fingerprint density at radius 3 is 0.609 bits per heavy atom. The predicted octanol–water partition coefficient (Wildman–Crippen LogP) is 18.7. The highest BCUT2D eigenvalue weighted by Gasteiger charge is 2.49. The molecule has 4 heterocycles. The van der Waals surface area contributed by atoms with Crippen LogP contribution in [0.1, 0.15) is 149 Å². The molecule has 16 rings (SSSR count). The van der Waals surface area contributed by atoms with Crippen LogP contribution < -0.4 is 17.2 Å². The molecule has 92 heavy (non-hydrogen) atoms. The molecule has 0 radical (unpaired) electrons. The van der Waals surface area contributed by atoms with Crippen molar-refractivity contribution in [1.82, 2.24) is 0 Å². The number of fused-ring (bicyclic) bond motifs is 12. The van der Waals surface area contributed by atoms with Crippen LogP contribution in [0.5, 0.6) is 0 Å². The van der Waals surface area contributed by atoms with E-state index in [1.54, 1.807) is 114 Å². The summed E-state index contributed by atoms with van der Waals surface area (Å²) >= 11 is 13.5. The summed E-state index contributed by atoms with van der Waals surface area (Å²) in [4.78, 5) is 1.45. The third-order valence-electron chi connectivity index (χ3n) is 19.9. The van der Waals surface area contributed by atoms with E-state index in [1.807, 2.05) is 72.8 Å². The Balaban J connectivity index is 0.000000112. The summed E-state index contributed by atoms with van der Waals surface area (Å²) < 4.78 is 116. The number of halogens is 4. The lowest BCUT2D eigenvalue weighted by molar-refractivity contribution is 0.404. The number of hydrogen-bond donors (Lipinski definition) is 0. The van der Waals surface area contributed by atoms with Crippen LogP contribution in [0, 0.1) is 0 Å². The Hall–Kier alpha value is -5.32. The summed E-state index contributed by atoms with van der Waals surface area (Å²) in [5.74, 6) is 1.35. The Morgan fingerprint density at radius 2 is 0.413 bits per heavy atom. The fourth-order valence-electron chi connectivity index (χ4n) is 15.9. The highest BCUT2D eigenvalue weighted by atomic mass is 79.9. The Morgan fingerprint density at radius 1 is 0.239 bits per heavy atom. The largest absolute Gasteiger partial charge is 0.264 e. The lowest BCUT2D eigenvalue weighted by Gasteiger charge is -2.32. The number of benzene rings is 8. The quantitative estimate of drug-likeness (QED) is 0.146. The Kier molecular flexibility index (Phi) is 19.2. The zero-order valence-electron chi connectivity index (χ0n) is 50.6. The van der Waals surface area contributed by atoms with Crippen LogP contribution in [0.25, 0.3) is 0 Å². The molecule has 8 aliphatic rings. The van der Waals surface area contributed by atoms with Crippen LogP contribution in [0.3, 0.4) is 0 Å². The number of sulfonamides is 4. The predicted molar refractivity (Wildman–Crippen MR) is 381 cm³/mol. The summed E-state index contributed by atoms with van der Waals surface area (Å²) in [6.07, 6.45) is 17.2. The maximum Gasteiger partial charge on any atom is 0.264 e. The van der Waals surface area contributed by atoms with Crippen molar-refractivity contribution in [2.75, 3.05) is 17.2 Å². The molecule has 0 unspecified atom stereocenters. The van der Waals surface area contributed by atoms with E-state index in [0.29, 0.717) is 43.3 Å². The van der Waals surface area contributed by atoms with Crippen LogP contribution in [0.2, 0.25) is 0 Å². The fraction of sp³-hybridized carbons (Fsp3) is 0.333. The van der Waals surface area contributed by atoms with Gasteiger partial charge in [0.2, 0.25) is 0 Å². The molecule has 0 spiro atoms. The van der Waals surface area contributed by atoms with Gasteiger partial charge in [-0.05, 0) is 195 Å². The van der Waals surface area contributed by atoms with Crippen LogP contribution in [0.4, 0.5) is 22.7 Å². The van der Waals surface area contributed by atoms with E-state index in [1.165, 1.54) is 47.9 Å². The van der Waals surface area contributed by atoms with Crippen molar-refractivity contribution in [2.45, 2.75) is 170 Å². The van der Waals surface area contributed by atoms with Gasteiger partial charge in [0.1, 0.15) is 0 Å². The summed E-state index contributed by atoms with van der Waals surface area (Å²) in [5.41, 5.74) is 8.24. The molecule has 0 bridgehead atoms. The molecule has 12 nitrogen and oxygen atoms in total. The SMILES string of the molecule is O=S(=O)(c1ccc(Br)cc1)N1c2ccccc2[C@H]2CCCC[C@H]21.O=S(=O)(c1ccc(Br)cc1)N1c2ccccc2[C@H]2CCCC[C@H]21.O=S(=O)(c1ccc(Br)cc1)N1c2ccccc2[C@H]2CCCC[C@H]21.O=S(=O)(c1ccc(Br)cc1)N1c2ccccc2[C@H]2CCCC[C@H]21. The van der Waals surface area contributed by atoms with Gasteiger partial charge in [-0.3, -0.25) is 17.2 Å². The first kappa shape index (κ1) is 65.3. The zero-order valence-corrected chi connectivity index (χ0v) is 60.2. The smallest absolute Gasteiger partial charge is 0.262 e. The summed E-state index contributed by atoms with van der Waals surface area (Å²) in [6, 6.07) is 59.9. The molecule has 0 aromatic heterocycles. The number of anilines is 4. The highest BCUT2D eigenvalue weighted by molar-refractivity contribution is 9.11. The normalized spacial score (nSPS) is 23.4. The summed E-state index contributed by atoms with van der Waals surface area (Å²) in [5, 5.41) is 0. The van der Waals surface area contributed by atoms with E-state index < -0.39 is 40.1 Å². The van der Waals surface area contributed by atoms with Crippen LogP contribution in [0.15, 0.2) is 232 Å². The second kappa shape index (κ2) is 27.1. The molecular weight excluding hydrogens is 1500 g/mol.